The zero-order valence-corrected chi connectivity index (χ0v) is 17.2. The number of aromatic nitrogens is 2. The van der Waals surface area contributed by atoms with E-state index in [1.54, 1.807) is 0 Å². The Hall–Kier alpha value is -2.56. The predicted molar refractivity (Wildman–Crippen MR) is 117 cm³/mol. The molecule has 29 heavy (non-hydrogen) atoms. The number of benzene rings is 1. The van der Waals surface area contributed by atoms with Gasteiger partial charge in [0.05, 0.1) is 0 Å². The molecule has 0 N–H and O–H groups in total. The van der Waals surface area contributed by atoms with Gasteiger partial charge in [0.15, 0.2) is 0 Å². The van der Waals surface area contributed by atoms with Crippen molar-refractivity contribution in [2.45, 2.75) is 45.4 Å². The van der Waals surface area contributed by atoms with Crippen LogP contribution in [0.15, 0.2) is 73.2 Å². The summed E-state index contributed by atoms with van der Waals surface area (Å²) in [5, 5.41) is 0. The van der Waals surface area contributed by atoms with Crippen LogP contribution in [0.3, 0.4) is 0 Å². The van der Waals surface area contributed by atoms with Crippen LogP contribution >= 0.6 is 0 Å². The minimum Gasteiger partial charge on any atom is -0.298 e. The Bertz CT molecular complexity index is 882. The Balaban J connectivity index is 1.49. The fourth-order valence-corrected chi connectivity index (χ4v) is 4.29. The van der Waals surface area contributed by atoms with Crippen molar-refractivity contribution in [1.29, 1.82) is 0 Å². The molecule has 1 saturated heterocycles. The molecular formula is C25H30N4. The average Bonchev–Trinajstić information content (AvgIpc) is 2.75. The third kappa shape index (κ3) is 5.72. The van der Waals surface area contributed by atoms with Crippen molar-refractivity contribution in [3.8, 4) is 0 Å². The summed E-state index contributed by atoms with van der Waals surface area (Å²) in [6, 6.07) is 20.0. The topological polar surface area (TPSA) is 32.3 Å². The first-order chi connectivity index (χ1) is 14.3. The molecule has 3 heterocycles. The van der Waals surface area contributed by atoms with Crippen LogP contribution < -0.4 is 0 Å². The van der Waals surface area contributed by atoms with Crippen LogP contribution in [0.4, 0.5) is 0 Å². The van der Waals surface area contributed by atoms with E-state index < -0.39 is 0 Å². The second kappa shape index (κ2) is 9.77. The number of nitrogens with zero attached hydrogens (tertiary/aromatic N) is 4. The second-order valence-corrected chi connectivity index (χ2v) is 8.08. The molecule has 1 aliphatic heterocycles. The van der Waals surface area contributed by atoms with Gasteiger partial charge < -0.3 is 0 Å². The zero-order valence-electron chi connectivity index (χ0n) is 17.2. The van der Waals surface area contributed by atoms with Crippen molar-refractivity contribution in [1.82, 2.24) is 19.8 Å². The summed E-state index contributed by atoms with van der Waals surface area (Å²) in [6.45, 7) is 7.31. The Morgan fingerprint density at radius 1 is 0.931 bits per heavy atom. The molecule has 0 spiro atoms. The Morgan fingerprint density at radius 3 is 2.48 bits per heavy atom. The summed E-state index contributed by atoms with van der Waals surface area (Å²) in [6.07, 6.45) is 8.22. The standard InChI is InChI=1S/C25H30N4/c1-21-16-24(11-14-27-21)19-29(18-23-9-12-26-13-10-23)25-8-5-15-28(20-25)17-22-6-3-2-4-7-22/h2-4,6-7,9-14,16,25H,5,8,15,17-20H2,1H3. The molecule has 2 aromatic heterocycles. The molecule has 4 nitrogen and oxygen atoms in total. The van der Waals surface area contributed by atoms with Crippen LogP contribution in [-0.2, 0) is 19.6 Å². The van der Waals surface area contributed by atoms with Gasteiger partial charge in [-0.3, -0.25) is 19.8 Å². The van der Waals surface area contributed by atoms with Crippen LogP contribution in [-0.4, -0.2) is 38.9 Å². The highest BCUT2D eigenvalue weighted by molar-refractivity contribution is 5.17. The first-order valence-corrected chi connectivity index (χ1v) is 10.6. The minimum absolute atomic E-state index is 0.550. The first-order valence-electron chi connectivity index (χ1n) is 10.6. The molecule has 3 aromatic rings. The molecule has 0 aliphatic carbocycles. The predicted octanol–water partition coefficient (Wildman–Crippen LogP) is 4.45. The molecule has 150 valence electrons. The number of piperidine rings is 1. The molecule has 1 aliphatic rings. The number of hydrogen-bond donors (Lipinski definition) is 0. The quantitative estimate of drug-likeness (QED) is 0.600. The lowest BCUT2D eigenvalue weighted by Crippen LogP contribution is -2.47. The fraction of sp³-hybridized carbons (Fsp3) is 0.360. The Kier molecular flexibility index (Phi) is 6.65. The molecular weight excluding hydrogens is 356 g/mol. The van der Waals surface area contributed by atoms with Crippen molar-refractivity contribution < 1.29 is 0 Å². The van der Waals surface area contributed by atoms with E-state index in [-0.39, 0.29) is 0 Å². The Morgan fingerprint density at radius 2 is 1.69 bits per heavy atom. The molecule has 1 atom stereocenters. The molecule has 0 radical (unpaired) electrons. The van der Waals surface area contributed by atoms with Crippen LogP contribution in [0.1, 0.15) is 35.2 Å². The maximum atomic E-state index is 4.37. The summed E-state index contributed by atoms with van der Waals surface area (Å²) in [5.74, 6) is 0. The number of rotatable bonds is 7. The highest BCUT2D eigenvalue weighted by Crippen LogP contribution is 2.22. The van der Waals surface area contributed by atoms with E-state index in [4.69, 9.17) is 0 Å². The fourth-order valence-electron chi connectivity index (χ4n) is 4.29. The molecule has 0 saturated carbocycles. The number of likely N-dealkylation sites (tertiary alicyclic amines) is 1. The van der Waals surface area contributed by atoms with Crippen molar-refractivity contribution in [2.75, 3.05) is 13.1 Å². The SMILES string of the molecule is Cc1cc(CN(Cc2ccncc2)C2CCCN(Cc3ccccc3)C2)ccn1. The van der Waals surface area contributed by atoms with E-state index in [9.17, 15) is 0 Å². The van der Waals surface area contributed by atoms with Crippen LogP contribution in [0.2, 0.25) is 0 Å². The van der Waals surface area contributed by atoms with Crippen molar-refractivity contribution in [3.63, 3.8) is 0 Å². The van der Waals surface area contributed by atoms with E-state index in [1.165, 1.54) is 36.1 Å². The largest absolute Gasteiger partial charge is 0.298 e. The van der Waals surface area contributed by atoms with Crippen LogP contribution in [0.25, 0.3) is 0 Å². The normalized spacial score (nSPS) is 17.5. The van der Waals surface area contributed by atoms with Gasteiger partial charge in [0.25, 0.3) is 0 Å². The van der Waals surface area contributed by atoms with Gasteiger partial charge in [-0.15, -0.1) is 0 Å². The van der Waals surface area contributed by atoms with Crippen LogP contribution in [0.5, 0.6) is 0 Å². The average molecular weight is 387 g/mol. The first kappa shape index (κ1) is 19.7. The van der Waals surface area contributed by atoms with E-state index in [0.717, 1.165) is 31.9 Å². The summed E-state index contributed by atoms with van der Waals surface area (Å²) in [5.41, 5.74) is 5.15. The van der Waals surface area contributed by atoms with Gasteiger partial charge in [-0.1, -0.05) is 30.3 Å². The van der Waals surface area contributed by atoms with Crippen molar-refractivity contribution >= 4 is 0 Å². The van der Waals surface area contributed by atoms with Gasteiger partial charge in [0.1, 0.15) is 0 Å². The van der Waals surface area contributed by atoms with Gasteiger partial charge in [-0.2, -0.15) is 0 Å². The monoisotopic (exact) mass is 386 g/mol. The molecule has 0 amide bonds. The zero-order chi connectivity index (χ0) is 19.9. The van der Waals surface area contributed by atoms with Gasteiger partial charge in [-0.05, 0) is 67.3 Å². The summed E-state index contributed by atoms with van der Waals surface area (Å²) < 4.78 is 0. The van der Waals surface area contributed by atoms with Gasteiger partial charge in [0.2, 0.25) is 0 Å². The van der Waals surface area contributed by atoms with Crippen LogP contribution in [0, 0.1) is 6.92 Å². The molecule has 1 fully saturated rings. The van der Waals surface area contributed by atoms with Crippen molar-refractivity contribution in [3.05, 3.63) is 95.6 Å². The molecule has 4 heteroatoms. The summed E-state index contributed by atoms with van der Waals surface area (Å²) >= 11 is 0. The molecule has 4 rings (SSSR count). The Labute approximate surface area is 174 Å². The van der Waals surface area contributed by atoms with Gasteiger partial charge in [0, 0.05) is 56.5 Å². The third-order valence-electron chi connectivity index (χ3n) is 5.73. The van der Waals surface area contributed by atoms with E-state index >= 15 is 0 Å². The summed E-state index contributed by atoms with van der Waals surface area (Å²) in [7, 11) is 0. The minimum atomic E-state index is 0.550. The number of aryl methyl sites for hydroxylation is 1. The number of hydrogen-bond acceptors (Lipinski definition) is 4. The lowest BCUT2D eigenvalue weighted by Gasteiger charge is -2.39. The molecule has 1 aromatic carbocycles. The number of pyridine rings is 2. The van der Waals surface area contributed by atoms with E-state index in [0.29, 0.717) is 6.04 Å². The third-order valence-corrected chi connectivity index (χ3v) is 5.73. The lowest BCUT2D eigenvalue weighted by atomic mass is 10.0. The summed E-state index contributed by atoms with van der Waals surface area (Å²) in [4.78, 5) is 13.8. The highest BCUT2D eigenvalue weighted by atomic mass is 15.2. The van der Waals surface area contributed by atoms with Gasteiger partial charge in [-0.25, -0.2) is 0 Å². The van der Waals surface area contributed by atoms with E-state index in [1.807, 2.05) is 18.6 Å². The van der Waals surface area contributed by atoms with E-state index in [2.05, 4.69) is 81.3 Å². The molecule has 0 bridgehead atoms. The van der Waals surface area contributed by atoms with Gasteiger partial charge >= 0.3 is 0 Å². The molecule has 1 unspecified atom stereocenters. The smallest absolute Gasteiger partial charge is 0.0375 e. The second-order valence-electron chi connectivity index (χ2n) is 8.08. The highest BCUT2D eigenvalue weighted by Gasteiger charge is 2.25. The van der Waals surface area contributed by atoms with Crippen molar-refractivity contribution in [2.24, 2.45) is 0 Å². The maximum absolute atomic E-state index is 4.37. The maximum Gasteiger partial charge on any atom is 0.0375 e. The lowest BCUT2D eigenvalue weighted by molar-refractivity contribution is 0.0821.